The molecule has 3 rings (SSSR count). The van der Waals surface area contributed by atoms with Gasteiger partial charge in [0, 0.05) is 18.7 Å². The second-order valence-electron chi connectivity index (χ2n) is 4.81. The summed E-state index contributed by atoms with van der Waals surface area (Å²) in [6, 6.07) is 2.65. The summed E-state index contributed by atoms with van der Waals surface area (Å²) in [5.74, 6) is -0.359. The van der Waals surface area contributed by atoms with E-state index in [9.17, 15) is 14.7 Å². The fourth-order valence-corrected chi connectivity index (χ4v) is 4.54. The van der Waals surface area contributed by atoms with E-state index in [0.29, 0.717) is 23.5 Å². The van der Waals surface area contributed by atoms with E-state index >= 15 is 0 Å². The van der Waals surface area contributed by atoms with Crippen LogP contribution in [0.2, 0.25) is 0 Å². The van der Waals surface area contributed by atoms with E-state index in [0.717, 1.165) is 15.7 Å². The maximum Gasteiger partial charge on any atom is 0.332 e. The monoisotopic (exact) mass is 337 g/mol. The summed E-state index contributed by atoms with van der Waals surface area (Å²) in [6.45, 7) is 2.43. The van der Waals surface area contributed by atoms with Gasteiger partial charge in [0.25, 0.3) is 5.91 Å². The summed E-state index contributed by atoms with van der Waals surface area (Å²) in [6.07, 6.45) is 2.07. The number of H-pyrrole nitrogens is 1. The molecule has 0 radical (unpaired) electrons. The second-order valence-corrected chi connectivity index (χ2v) is 7.46. The van der Waals surface area contributed by atoms with Crippen LogP contribution in [0.15, 0.2) is 22.7 Å². The zero-order valence-corrected chi connectivity index (χ0v) is 13.5. The summed E-state index contributed by atoms with van der Waals surface area (Å²) in [5.41, 5.74) is 1.23. The number of carboxylic acids is 1. The highest BCUT2D eigenvalue weighted by Gasteiger charge is 2.38. The van der Waals surface area contributed by atoms with Gasteiger partial charge in [-0.25, -0.2) is 9.78 Å². The van der Waals surface area contributed by atoms with E-state index in [-0.39, 0.29) is 5.91 Å². The number of nitrogens with one attached hydrogen (secondary N) is 1. The van der Waals surface area contributed by atoms with E-state index in [4.69, 9.17) is 0 Å². The van der Waals surface area contributed by atoms with Crippen molar-refractivity contribution in [1.29, 1.82) is 0 Å². The number of thioether (sulfide) groups is 1. The Labute approximate surface area is 135 Å². The molecule has 1 amide bonds. The van der Waals surface area contributed by atoms with Crippen molar-refractivity contribution in [3.63, 3.8) is 0 Å². The number of carboxylic acid groups (broad SMARTS) is 1. The fourth-order valence-electron chi connectivity index (χ4n) is 2.54. The minimum absolute atomic E-state index is 0.242. The summed E-state index contributed by atoms with van der Waals surface area (Å²) in [4.78, 5) is 33.3. The molecule has 0 saturated carbocycles. The van der Waals surface area contributed by atoms with Crippen molar-refractivity contribution >= 4 is 35.0 Å². The number of rotatable bonds is 4. The van der Waals surface area contributed by atoms with Gasteiger partial charge in [-0.15, -0.1) is 23.1 Å². The zero-order valence-electron chi connectivity index (χ0n) is 11.9. The van der Waals surface area contributed by atoms with Gasteiger partial charge in [0.1, 0.15) is 0 Å². The minimum Gasteiger partial charge on any atom is -0.479 e. The van der Waals surface area contributed by atoms with E-state index in [2.05, 4.69) is 16.9 Å². The Morgan fingerprint density at radius 3 is 3.09 bits per heavy atom. The predicted molar refractivity (Wildman–Crippen MR) is 84.4 cm³/mol. The number of aromatic nitrogens is 2. The van der Waals surface area contributed by atoms with Crippen LogP contribution in [0.25, 0.3) is 0 Å². The molecule has 0 saturated heterocycles. The van der Waals surface area contributed by atoms with Gasteiger partial charge in [-0.05, 0) is 17.9 Å². The largest absolute Gasteiger partial charge is 0.479 e. The minimum atomic E-state index is -1.05. The Bertz CT molecular complexity index is 710. The van der Waals surface area contributed by atoms with Crippen molar-refractivity contribution in [2.75, 3.05) is 12.3 Å². The highest BCUT2D eigenvalue weighted by Crippen LogP contribution is 2.32. The van der Waals surface area contributed by atoms with Gasteiger partial charge in [0.2, 0.25) is 0 Å². The Hall–Kier alpha value is -1.80. The molecule has 0 aromatic carbocycles. The molecule has 2 aromatic heterocycles. The molecule has 0 spiro atoms. The summed E-state index contributed by atoms with van der Waals surface area (Å²) in [7, 11) is 0. The van der Waals surface area contributed by atoms with Crippen LogP contribution in [0.4, 0.5) is 0 Å². The highest BCUT2D eigenvalue weighted by atomic mass is 32.2. The van der Waals surface area contributed by atoms with Crippen molar-refractivity contribution in [1.82, 2.24) is 14.9 Å². The molecule has 3 heterocycles. The van der Waals surface area contributed by atoms with Crippen LogP contribution in [0.1, 0.15) is 34.0 Å². The standard InChI is InChI=1S/C14H15N3O3S2/c1-2-21-10-4-3-9(22-10)13(18)17-6-5-8-11(16-7-15-8)12(17)14(19)20/h3-4,7,12H,2,5-6H2,1H3,(H,15,16)(H,19,20)/t12-/m1/s1. The number of nitrogens with zero attached hydrogens (tertiary/aromatic N) is 2. The normalized spacial score (nSPS) is 17.3. The van der Waals surface area contributed by atoms with Gasteiger partial charge in [-0.3, -0.25) is 4.79 Å². The average Bonchev–Trinajstić information content (AvgIpc) is 3.14. The number of carbonyl (C=O) groups excluding carboxylic acids is 1. The van der Waals surface area contributed by atoms with Gasteiger partial charge in [-0.1, -0.05) is 6.92 Å². The lowest BCUT2D eigenvalue weighted by atomic mass is 10.0. The van der Waals surface area contributed by atoms with Crippen molar-refractivity contribution in [2.24, 2.45) is 0 Å². The van der Waals surface area contributed by atoms with E-state index in [1.54, 1.807) is 17.8 Å². The number of aromatic amines is 1. The van der Waals surface area contributed by atoms with Crippen molar-refractivity contribution in [3.8, 4) is 0 Å². The number of hydrogen-bond acceptors (Lipinski definition) is 5. The SMILES string of the molecule is CCSc1ccc(C(=O)N2CCc3[nH]cnc3[C@@H]2C(=O)O)s1. The Balaban J connectivity index is 1.89. The maximum absolute atomic E-state index is 12.7. The second kappa shape index (κ2) is 6.13. The van der Waals surface area contributed by atoms with Crippen LogP contribution in [-0.2, 0) is 11.2 Å². The van der Waals surface area contributed by atoms with Crippen LogP contribution < -0.4 is 0 Å². The quantitative estimate of drug-likeness (QED) is 0.837. The topological polar surface area (TPSA) is 86.3 Å². The van der Waals surface area contributed by atoms with Gasteiger partial charge < -0.3 is 15.0 Å². The van der Waals surface area contributed by atoms with Gasteiger partial charge in [0.15, 0.2) is 6.04 Å². The molecule has 8 heteroatoms. The van der Waals surface area contributed by atoms with Gasteiger partial charge in [0.05, 0.1) is 21.1 Å². The highest BCUT2D eigenvalue weighted by molar-refractivity contribution is 8.01. The molecule has 0 bridgehead atoms. The number of imidazole rings is 1. The maximum atomic E-state index is 12.7. The summed E-state index contributed by atoms with van der Waals surface area (Å²) in [5, 5.41) is 9.51. The molecule has 1 atom stereocenters. The first-order chi connectivity index (χ1) is 10.6. The lowest BCUT2D eigenvalue weighted by Gasteiger charge is -2.31. The number of aliphatic carboxylic acids is 1. The van der Waals surface area contributed by atoms with Crippen LogP contribution in [-0.4, -0.2) is 44.1 Å². The molecule has 0 fully saturated rings. The molecule has 6 nitrogen and oxygen atoms in total. The third-order valence-electron chi connectivity index (χ3n) is 3.50. The molecular weight excluding hydrogens is 322 g/mol. The number of carbonyl (C=O) groups is 2. The number of fused-ring (bicyclic) bond motifs is 1. The van der Waals surface area contributed by atoms with E-state index in [1.807, 2.05) is 6.07 Å². The smallest absolute Gasteiger partial charge is 0.332 e. The molecule has 0 aliphatic carbocycles. The molecule has 1 aliphatic heterocycles. The molecular formula is C14H15N3O3S2. The van der Waals surface area contributed by atoms with Crippen molar-refractivity contribution < 1.29 is 14.7 Å². The molecule has 1 aliphatic rings. The lowest BCUT2D eigenvalue weighted by Crippen LogP contribution is -2.43. The van der Waals surface area contributed by atoms with Crippen molar-refractivity contribution in [3.05, 3.63) is 34.7 Å². The summed E-state index contributed by atoms with van der Waals surface area (Å²) >= 11 is 3.08. The zero-order chi connectivity index (χ0) is 15.7. The summed E-state index contributed by atoms with van der Waals surface area (Å²) < 4.78 is 1.06. The molecule has 116 valence electrons. The van der Waals surface area contributed by atoms with E-state index in [1.165, 1.54) is 22.6 Å². The number of amides is 1. The predicted octanol–water partition coefficient (Wildman–Crippen LogP) is 2.41. The van der Waals surface area contributed by atoms with Gasteiger partial charge >= 0.3 is 5.97 Å². The van der Waals surface area contributed by atoms with Crippen LogP contribution in [0.3, 0.4) is 0 Å². The molecule has 0 unspecified atom stereocenters. The first-order valence-corrected chi connectivity index (χ1v) is 8.70. The van der Waals surface area contributed by atoms with E-state index < -0.39 is 12.0 Å². The molecule has 2 aromatic rings. The fraction of sp³-hybridized carbons (Fsp3) is 0.357. The average molecular weight is 337 g/mol. The van der Waals surface area contributed by atoms with Crippen LogP contribution in [0.5, 0.6) is 0 Å². The first kappa shape index (κ1) is 15.1. The Morgan fingerprint density at radius 1 is 1.55 bits per heavy atom. The molecule has 22 heavy (non-hydrogen) atoms. The van der Waals surface area contributed by atoms with Crippen molar-refractivity contribution in [2.45, 2.75) is 23.6 Å². The Morgan fingerprint density at radius 2 is 2.36 bits per heavy atom. The number of hydrogen-bond donors (Lipinski definition) is 2. The molecule has 2 N–H and O–H groups in total. The van der Waals surface area contributed by atoms with Gasteiger partial charge in [-0.2, -0.15) is 0 Å². The third kappa shape index (κ3) is 2.64. The van der Waals surface area contributed by atoms with Crippen LogP contribution >= 0.6 is 23.1 Å². The van der Waals surface area contributed by atoms with Crippen LogP contribution in [0, 0.1) is 0 Å². The lowest BCUT2D eigenvalue weighted by molar-refractivity contribution is -0.143. The number of thiophene rings is 1. The first-order valence-electron chi connectivity index (χ1n) is 6.90. The third-order valence-corrected chi connectivity index (χ3v) is 5.68. The Kier molecular flexibility index (Phi) is 4.21.